The zero-order valence-electron chi connectivity index (χ0n) is 13.2. The van der Waals surface area contributed by atoms with Gasteiger partial charge >= 0.3 is 5.97 Å². The molecule has 0 saturated heterocycles. The van der Waals surface area contributed by atoms with E-state index < -0.39 is 20.6 Å². The second-order valence-corrected chi connectivity index (χ2v) is 9.26. The molecule has 1 aromatic heterocycles. The molecule has 6 nitrogen and oxygen atoms in total. The third-order valence-electron chi connectivity index (χ3n) is 3.86. The summed E-state index contributed by atoms with van der Waals surface area (Å²) in [6.07, 6.45) is 3.02. The van der Waals surface area contributed by atoms with Crippen LogP contribution in [0.1, 0.15) is 20.3 Å². The standard InChI is InChI=1S/C15H19IN2O4S/c1-4-22-14(19)15(2,23(3,20)21)7-8-18-10-11-9-12(16)5-6-13(11)17-18/h5-6,9-10H,4,7-8H2,1-3H3/t15-/m0/s1. The molecule has 0 N–H and O–H groups in total. The Labute approximate surface area is 149 Å². The molecule has 1 atom stereocenters. The smallest absolute Gasteiger partial charge is 0.327 e. The largest absolute Gasteiger partial charge is 0.465 e. The van der Waals surface area contributed by atoms with E-state index in [1.165, 1.54) is 6.92 Å². The number of hydrogen-bond acceptors (Lipinski definition) is 5. The van der Waals surface area contributed by atoms with Gasteiger partial charge in [0, 0.05) is 28.0 Å². The summed E-state index contributed by atoms with van der Waals surface area (Å²) in [6, 6.07) is 5.87. The number of aromatic nitrogens is 2. The maximum absolute atomic E-state index is 12.1. The van der Waals surface area contributed by atoms with Crippen molar-refractivity contribution in [1.29, 1.82) is 0 Å². The normalized spacial score (nSPS) is 14.6. The van der Waals surface area contributed by atoms with Gasteiger partial charge in [0.2, 0.25) is 0 Å². The first-order valence-electron chi connectivity index (χ1n) is 7.17. The third kappa shape index (κ3) is 3.85. The van der Waals surface area contributed by atoms with Crippen LogP contribution in [0.3, 0.4) is 0 Å². The van der Waals surface area contributed by atoms with Gasteiger partial charge in [0.05, 0.1) is 12.1 Å². The van der Waals surface area contributed by atoms with Crippen LogP contribution >= 0.6 is 22.6 Å². The fraction of sp³-hybridized carbons (Fsp3) is 0.467. The van der Waals surface area contributed by atoms with E-state index >= 15 is 0 Å². The molecule has 0 saturated carbocycles. The van der Waals surface area contributed by atoms with Crippen LogP contribution < -0.4 is 0 Å². The number of halogens is 1. The van der Waals surface area contributed by atoms with E-state index in [4.69, 9.17) is 4.74 Å². The molecule has 0 amide bonds. The first-order chi connectivity index (χ1) is 10.7. The van der Waals surface area contributed by atoms with Crippen LogP contribution in [-0.2, 0) is 25.9 Å². The predicted octanol–water partition coefficient (Wildman–Crippen LogP) is 2.40. The second-order valence-electron chi connectivity index (χ2n) is 5.57. The van der Waals surface area contributed by atoms with Crippen molar-refractivity contribution in [2.75, 3.05) is 12.9 Å². The van der Waals surface area contributed by atoms with Crippen molar-refractivity contribution in [3.63, 3.8) is 0 Å². The molecule has 126 valence electrons. The zero-order chi connectivity index (χ0) is 17.3. The fourth-order valence-electron chi connectivity index (χ4n) is 2.21. The molecular weight excluding hydrogens is 431 g/mol. The van der Waals surface area contributed by atoms with Crippen LogP contribution in [0.2, 0.25) is 0 Å². The minimum atomic E-state index is -3.61. The highest BCUT2D eigenvalue weighted by molar-refractivity contribution is 14.1. The van der Waals surface area contributed by atoms with E-state index in [1.807, 2.05) is 24.4 Å². The summed E-state index contributed by atoms with van der Waals surface area (Å²) >= 11 is 2.22. The van der Waals surface area contributed by atoms with Crippen molar-refractivity contribution in [3.05, 3.63) is 28.0 Å². The summed E-state index contributed by atoms with van der Waals surface area (Å²) < 4.78 is 30.3. The highest BCUT2D eigenvalue weighted by Gasteiger charge is 2.44. The number of carbonyl (C=O) groups excluding carboxylic acids is 1. The van der Waals surface area contributed by atoms with E-state index in [2.05, 4.69) is 27.7 Å². The maximum Gasteiger partial charge on any atom is 0.327 e. The summed E-state index contributed by atoms with van der Waals surface area (Å²) in [6.45, 7) is 3.52. The van der Waals surface area contributed by atoms with Gasteiger partial charge in [0.1, 0.15) is 0 Å². The monoisotopic (exact) mass is 450 g/mol. The number of benzene rings is 1. The second kappa shape index (κ2) is 6.76. The van der Waals surface area contributed by atoms with Crippen LogP contribution in [0.15, 0.2) is 24.4 Å². The van der Waals surface area contributed by atoms with Crippen molar-refractivity contribution in [2.45, 2.75) is 31.6 Å². The quantitative estimate of drug-likeness (QED) is 0.499. The number of rotatable bonds is 6. The van der Waals surface area contributed by atoms with Gasteiger partial charge in [-0.1, -0.05) is 0 Å². The summed E-state index contributed by atoms with van der Waals surface area (Å²) in [5.74, 6) is -0.714. The number of hydrogen-bond donors (Lipinski definition) is 0. The fourth-order valence-corrected chi connectivity index (χ4v) is 3.55. The third-order valence-corrected chi connectivity index (χ3v) is 6.54. The minimum Gasteiger partial charge on any atom is -0.465 e. The number of aryl methyl sites for hydroxylation is 1. The number of esters is 1. The molecule has 23 heavy (non-hydrogen) atoms. The molecule has 1 aromatic carbocycles. The Hall–Kier alpha value is -1.16. The first kappa shape index (κ1) is 18.2. The van der Waals surface area contributed by atoms with Crippen LogP contribution in [0, 0.1) is 3.57 Å². The maximum atomic E-state index is 12.1. The summed E-state index contributed by atoms with van der Waals surface area (Å²) in [5, 5.41) is 5.39. The lowest BCUT2D eigenvalue weighted by atomic mass is 10.1. The van der Waals surface area contributed by atoms with E-state index in [-0.39, 0.29) is 13.0 Å². The molecular formula is C15H19IN2O4S. The molecule has 0 unspecified atom stereocenters. The van der Waals surface area contributed by atoms with Gasteiger partial charge in [-0.25, -0.2) is 8.42 Å². The minimum absolute atomic E-state index is 0.107. The Morgan fingerprint density at radius 3 is 2.74 bits per heavy atom. The van der Waals surface area contributed by atoms with Crippen molar-refractivity contribution in [3.8, 4) is 0 Å². The van der Waals surface area contributed by atoms with Gasteiger partial charge in [0.25, 0.3) is 0 Å². The van der Waals surface area contributed by atoms with E-state index in [1.54, 1.807) is 11.6 Å². The predicted molar refractivity (Wildman–Crippen MR) is 96.9 cm³/mol. The summed E-state index contributed by atoms with van der Waals surface area (Å²) in [5.41, 5.74) is 0.836. The van der Waals surface area contributed by atoms with E-state index in [9.17, 15) is 13.2 Å². The summed E-state index contributed by atoms with van der Waals surface area (Å²) in [7, 11) is -3.61. The number of carbonyl (C=O) groups is 1. The molecule has 8 heteroatoms. The van der Waals surface area contributed by atoms with Crippen LogP contribution in [0.5, 0.6) is 0 Å². The molecule has 0 spiro atoms. The van der Waals surface area contributed by atoms with Crippen LogP contribution in [0.25, 0.3) is 10.9 Å². The molecule has 2 rings (SSSR count). The molecule has 0 aliphatic carbocycles. The first-order valence-corrected chi connectivity index (χ1v) is 10.1. The van der Waals surface area contributed by atoms with Crippen molar-refractivity contribution >= 4 is 49.3 Å². The molecule has 2 aromatic rings. The zero-order valence-corrected chi connectivity index (χ0v) is 16.2. The highest BCUT2D eigenvalue weighted by Crippen LogP contribution is 2.24. The van der Waals surface area contributed by atoms with Gasteiger partial charge in [-0.2, -0.15) is 5.10 Å². The lowest BCUT2D eigenvalue weighted by Gasteiger charge is -2.25. The Bertz CT molecular complexity index is 831. The molecule has 0 aliphatic rings. The van der Waals surface area contributed by atoms with Gasteiger partial charge < -0.3 is 4.74 Å². The Balaban J connectivity index is 2.25. The Kier molecular flexibility index (Phi) is 5.34. The average molecular weight is 450 g/mol. The summed E-state index contributed by atoms with van der Waals surface area (Å²) in [4.78, 5) is 12.1. The Morgan fingerprint density at radius 2 is 2.13 bits per heavy atom. The Morgan fingerprint density at radius 1 is 1.43 bits per heavy atom. The SMILES string of the molecule is CCOC(=O)[C@](C)(CCn1cc2cc(I)ccc2n1)S(C)(=O)=O. The lowest BCUT2D eigenvalue weighted by Crippen LogP contribution is -2.45. The lowest BCUT2D eigenvalue weighted by molar-refractivity contribution is -0.146. The van der Waals surface area contributed by atoms with Crippen LogP contribution in [-0.4, -0.2) is 41.8 Å². The van der Waals surface area contributed by atoms with Crippen molar-refractivity contribution < 1.29 is 17.9 Å². The molecule has 0 aliphatic heterocycles. The molecule has 0 bridgehead atoms. The topological polar surface area (TPSA) is 78.3 Å². The molecule has 0 fully saturated rings. The number of sulfone groups is 1. The number of nitrogens with zero attached hydrogens (tertiary/aromatic N) is 2. The molecule has 1 heterocycles. The van der Waals surface area contributed by atoms with Gasteiger partial charge in [0.15, 0.2) is 14.6 Å². The van der Waals surface area contributed by atoms with Crippen molar-refractivity contribution in [2.24, 2.45) is 0 Å². The highest BCUT2D eigenvalue weighted by atomic mass is 127. The average Bonchev–Trinajstić information content (AvgIpc) is 2.85. The number of fused-ring (bicyclic) bond motifs is 1. The van der Waals surface area contributed by atoms with E-state index in [0.717, 1.165) is 20.7 Å². The van der Waals surface area contributed by atoms with Crippen LogP contribution in [0.4, 0.5) is 0 Å². The molecule has 0 radical (unpaired) electrons. The number of ether oxygens (including phenoxy) is 1. The van der Waals surface area contributed by atoms with Gasteiger partial charge in [-0.3, -0.25) is 9.48 Å². The van der Waals surface area contributed by atoms with Gasteiger partial charge in [-0.15, -0.1) is 0 Å². The van der Waals surface area contributed by atoms with E-state index in [0.29, 0.717) is 6.54 Å². The van der Waals surface area contributed by atoms with Crippen molar-refractivity contribution in [1.82, 2.24) is 9.78 Å². The van der Waals surface area contributed by atoms with Gasteiger partial charge in [-0.05, 0) is 61.1 Å².